The Balaban J connectivity index is 3.26. The summed E-state index contributed by atoms with van der Waals surface area (Å²) < 4.78 is 0. The van der Waals surface area contributed by atoms with E-state index in [2.05, 4.69) is 17.0 Å². The molecule has 0 saturated heterocycles. The van der Waals surface area contributed by atoms with Crippen LogP contribution in [0.15, 0.2) is 4.99 Å². The first-order valence-corrected chi connectivity index (χ1v) is 2.87. The smallest absolute Gasteiger partial charge is 0.216 e. The SMILES string of the molecule is C=NC(C)CNC(C)=O. The zero-order valence-electron chi connectivity index (χ0n) is 5.85. The summed E-state index contributed by atoms with van der Waals surface area (Å²) in [5, 5.41) is 2.62. The third kappa shape index (κ3) is 5.00. The maximum absolute atomic E-state index is 10.3. The van der Waals surface area contributed by atoms with Crippen molar-refractivity contribution in [3.8, 4) is 0 Å². The molecule has 0 aliphatic rings. The van der Waals surface area contributed by atoms with Crippen molar-refractivity contribution in [2.75, 3.05) is 6.54 Å². The van der Waals surface area contributed by atoms with Gasteiger partial charge in [-0.1, -0.05) is 0 Å². The van der Waals surface area contributed by atoms with Gasteiger partial charge < -0.3 is 5.32 Å². The quantitative estimate of drug-likeness (QED) is 0.542. The molecule has 0 aliphatic carbocycles. The summed E-state index contributed by atoms with van der Waals surface area (Å²) in [4.78, 5) is 14.0. The number of nitrogens with one attached hydrogen (secondary N) is 1. The minimum Gasteiger partial charge on any atom is -0.354 e. The van der Waals surface area contributed by atoms with Crippen LogP contribution < -0.4 is 5.32 Å². The Hall–Kier alpha value is -0.860. The minimum atomic E-state index is -0.0227. The van der Waals surface area contributed by atoms with Crippen LogP contribution in [0.2, 0.25) is 0 Å². The van der Waals surface area contributed by atoms with E-state index in [1.165, 1.54) is 6.92 Å². The summed E-state index contributed by atoms with van der Waals surface area (Å²) in [6.07, 6.45) is 0. The van der Waals surface area contributed by atoms with Gasteiger partial charge in [-0.3, -0.25) is 9.79 Å². The summed E-state index contributed by atoms with van der Waals surface area (Å²) in [5.74, 6) is -0.0227. The third-order valence-corrected chi connectivity index (χ3v) is 0.958. The molecule has 1 atom stereocenters. The van der Waals surface area contributed by atoms with Gasteiger partial charge in [0.1, 0.15) is 0 Å². The molecule has 52 valence electrons. The predicted octanol–water partition coefficient (Wildman–Crippen LogP) is 0.212. The second kappa shape index (κ2) is 4.06. The fourth-order valence-electron chi connectivity index (χ4n) is 0.356. The lowest BCUT2D eigenvalue weighted by atomic mass is 10.3. The summed E-state index contributed by atoms with van der Waals surface area (Å²) in [6.45, 7) is 7.29. The lowest BCUT2D eigenvalue weighted by Crippen LogP contribution is -2.27. The molecule has 1 unspecified atom stereocenters. The molecule has 3 heteroatoms. The predicted molar refractivity (Wildman–Crippen MR) is 37.7 cm³/mol. The van der Waals surface area contributed by atoms with Crippen LogP contribution in [0.25, 0.3) is 0 Å². The average Bonchev–Trinajstić information content (AvgIpc) is 1.83. The highest BCUT2D eigenvalue weighted by molar-refractivity contribution is 5.72. The van der Waals surface area contributed by atoms with Crippen LogP contribution in [-0.4, -0.2) is 25.2 Å². The molecule has 0 bridgehead atoms. The Morgan fingerprint density at radius 1 is 1.89 bits per heavy atom. The Morgan fingerprint density at radius 3 is 2.78 bits per heavy atom. The van der Waals surface area contributed by atoms with Crippen molar-refractivity contribution in [1.29, 1.82) is 0 Å². The van der Waals surface area contributed by atoms with Crippen molar-refractivity contribution in [1.82, 2.24) is 5.32 Å². The van der Waals surface area contributed by atoms with Crippen molar-refractivity contribution in [3.05, 3.63) is 0 Å². The summed E-state index contributed by atoms with van der Waals surface area (Å²) >= 11 is 0. The van der Waals surface area contributed by atoms with E-state index in [0.717, 1.165) is 0 Å². The van der Waals surface area contributed by atoms with E-state index in [1.54, 1.807) is 0 Å². The highest BCUT2D eigenvalue weighted by atomic mass is 16.1. The van der Waals surface area contributed by atoms with Crippen LogP contribution >= 0.6 is 0 Å². The van der Waals surface area contributed by atoms with Gasteiger partial charge in [-0.15, -0.1) is 0 Å². The number of aliphatic imine (C=N–C) groups is 1. The first kappa shape index (κ1) is 8.14. The van der Waals surface area contributed by atoms with E-state index < -0.39 is 0 Å². The molecule has 3 nitrogen and oxygen atoms in total. The molecule has 0 radical (unpaired) electrons. The number of carbonyl (C=O) groups excluding carboxylic acids is 1. The van der Waals surface area contributed by atoms with E-state index in [0.29, 0.717) is 6.54 Å². The van der Waals surface area contributed by atoms with Crippen LogP contribution in [0.5, 0.6) is 0 Å². The monoisotopic (exact) mass is 128 g/mol. The van der Waals surface area contributed by atoms with Gasteiger partial charge in [-0.05, 0) is 13.6 Å². The van der Waals surface area contributed by atoms with Crippen LogP contribution in [0.3, 0.4) is 0 Å². The van der Waals surface area contributed by atoms with Gasteiger partial charge in [0, 0.05) is 13.5 Å². The van der Waals surface area contributed by atoms with Gasteiger partial charge in [0.05, 0.1) is 6.04 Å². The number of rotatable bonds is 3. The molecule has 0 heterocycles. The molecule has 0 saturated carbocycles. The highest BCUT2D eigenvalue weighted by Crippen LogP contribution is 1.82. The van der Waals surface area contributed by atoms with E-state index in [-0.39, 0.29) is 11.9 Å². The molecular weight excluding hydrogens is 116 g/mol. The van der Waals surface area contributed by atoms with Gasteiger partial charge in [-0.25, -0.2) is 0 Å². The average molecular weight is 128 g/mol. The molecular formula is C6H12N2O. The van der Waals surface area contributed by atoms with Gasteiger partial charge in [0.2, 0.25) is 5.91 Å². The highest BCUT2D eigenvalue weighted by Gasteiger charge is 1.95. The molecule has 0 rings (SSSR count). The molecule has 0 aromatic carbocycles. The minimum absolute atomic E-state index is 0.0227. The normalized spacial score (nSPS) is 12.2. The molecule has 0 aromatic rings. The lowest BCUT2D eigenvalue weighted by Gasteiger charge is -2.03. The fraction of sp³-hybridized carbons (Fsp3) is 0.667. The molecule has 9 heavy (non-hydrogen) atoms. The molecule has 0 aromatic heterocycles. The largest absolute Gasteiger partial charge is 0.354 e. The first-order chi connectivity index (χ1) is 4.16. The van der Waals surface area contributed by atoms with Crippen LogP contribution in [0, 0.1) is 0 Å². The Labute approximate surface area is 55.2 Å². The van der Waals surface area contributed by atoms with E-state index in [1.807, 2.05) is 6.92 Å². The fourth-order valence-corrected chi connectivity index (χ4v) is 0.356. The standard InChI is InChI=1S/C6H12N2O/c1-5(7-3)4-8-6(2)9/h5H,3-4H2,1-2H3,(H,8,9). The van der Waals surface area contributed by atoms with Gasteiger partial charge in [0.25, 0.3) is 0 Å². The van der Waals surface area contributed by atoms with Gasteiger partial charge in [0.15, 0.2) is 0 Å². The van der Waals surface area contributed by atoms with Crippen molar-refractivity contribution in [2.45, 2.75) is 19.9 Å². The van der Waals surface area contributed by atoms with E-state index in [4.69, 9.17) is 0 Å². The number of nitrogens with zero attached hydrogens (tertiary/aromatic N) is 1. The van der Waals surface area contributed by atoms with Gasteiger partial charge >= 0.3 is 0 Å². The maximum atomic E-state index is 10.3. The zero-order chi connectivity index (χ0) is 7.28. The van der Waals surface area contributed by atoms with E-state index >= 15 is 0 Å². The van der Waals surface area contributed by atoms with E-state index in [9.17, 15) is 4.79 Å². The Kier molecular flexibility index (Phi) is 3.67. The van der Waals surface area contributed by atoms with Crippen molar-refractivity contribution in [2.24, 2.45) is 4.99 Å². The summed E-state index contributed by atoms with van der Waals surface area (Å²) in [5.41, 5.74) is 0. The van der Waals surface area contributed by atoms with Crippen LogP contribution in [0.1, 0.15) is 13.8 Å². The summed E-state index contributed by atoms with van der Waals surface area (Å²) in [6, 6.07) is 0.119. The first-order valence-electron chi connectivity index (χ1n) is 2.87. The zero-order valence-corrected chi connectivity index (χ0v) is 5.85. The second-order valence-corrected chi connectivity index (χ2v) is 1.97. The molecule has 1 amide bonds. The number of hydrogen-bond acceptors (Lipinski definition) is 2. The third-order valence-electron chi connectivity index (χ3n) is 0.958. The number of carbonyl (C=O) groups is 1. The van der Waals surface area contributed by atoms with Gasteiger partial charge in [-0.2, -0.15) is 0 Å². The number of amides is 1. The second-order valence-electron chi connectivity index (χ2n) is 1.97. The van der Waals surface area contributed by atoms with Crippen LogP contribution in [-0.2, 0) is 4.79 Å². The topological polar surface area (TPSA) is 41.5 Å². The van der Waals surface area contributed by atoms with Crippen molar-refractivity contribution in [3.63, 3.8) is 0 Å². The molecule has 0 aliphatic heterocycles. The molecule has 0 fully saturated rings. The number of hydrogen-bond donors (Lipinski definition) is 1. The Morgan fingerprint density at radius 2 is 2.44 bits per heavy atom. The summed E-state index contributed by atoms with van der Waals surface area (Å²) in [7, 11) is 0. The van der Waals surface area contributed by atoms with Crippen molar-refractivity contribution < 1.29 is 4.79 Å². The molecule has 1 N–H and O–H groups in total. The Bertz CT molecular complexity index is 112. The van der Waals surface area contributed by atoms with Crippen LogP contribution in [0.4, 0.5) is 0 Å². The van der Waals surface area contributed by atoms with Crippen molar-refractivity contribution >= 4 is 12.6 Å². The lowest BCUT2D eigenvalue weighted by molar-refractivity contribution is -0.119. The molecule has 0 spiro atoms. The maximum Gasteiger partial charge on any atom is 0.216 e.